The molecule has 0 bridgehead atoms. The lowest BCUT2D eigenvalue weighted by atomic mass is 9.71. The van der Waals surface area contributed by atoms with Crippen molar-refractivity contribution in [3.8, 4) is 0 Å². The van der Waals surface area contributed by atoms with Crippen molar-refractivity contribution >= 4 is 5.97 Å². The third kappa shape index (κ3) is 1.74. The van der Waals surface area contributed by atoms with Crippen molar-refractivity contribution in [1.82, 2.24) is 5.32 Å². The maximum atomic E-state index is 12.1. The summed E-state index contributed by atoms with van der Waals surface area (Å²) in [6, 6.07) is 8.37. The molecule has 96 valence electrons. The number of carbonyl (C=O) groups excluding carboxylic acids is 1. The fourth-order valence-electron chi connectivity index (χ4n) is 3.18. The van der Waals surface area contributed by atoms with E-state index in [9.17, 15) is 4.79 Å². The summed E-state index contributed by atoms with van der Waals surface area (Å²) in [6.07, 6.45) is 1.95. The van der Waals surface area contributed by atoms with E-state index in [1.54, 1.807) is 0 Å². The first-order chi connectivity index (χ1) is 8.61. The van der Waals surface area contributed by atoms with Gasteiger partial charge in [0.2, 0.25) is 0 Å². The number of ether oxygens (including phenoxy) is 1. The second-order valence-electron chi connectivity index (χ2n) is 5.78. The van der Waals surface area contributed by atoms with Gasteiger partial charge in [0.15, 0.2) is 0 Å². The van der Waals surface area contributed by atoms with E-state index >= 15 is 0 Å². The number of carbonyl (C=O) groups is 1. The largest absolute Gasteiger partial charge is 0.462 e. The lowest BCUT2D eigenvalue weighted by Crippen LogP contribution is -2.67. The molecule has 3 rings (SSSR count). The van der Waals surface area contributed by atoms with Gasteiger partial charge in [-0.1, -0.05) is 24.3 Å². The number of nitrogens with one attached hydrogen (secondary N) is 1. The third-order valence-corrected chi connectivity index (χ3v) is 4.06. The number of hydrogen-bond acceptors (Lipinski definition) is 3. The van der Waals surface area contributed by atoms with Gasteiger partial charge in [-0.15, -0.1) is 0 Å². The van der Waals surface area contributed by atoms with Gasteiger partial charge in [-0.05, 0) is 37.8 Å². The highest BCUT2D eigenvalue weighted by Gasteiger charge is 2.54. The zero-order chi connectivity index (χ0) is 12.8. The van der Waals surface area contributed by atoms with E-state index in [-0.39, 0.29) is 23.5 Å². The topological polar surface area (TPSA) is 38.3 Å². The Kier molecular flexibility index (Phi) is 2.67. The van der Waals surface area contributed by atoms with Crippen molar-refractivity contribution < 1.29 is 9.53 Å². The molecule has 18 heavy (non-hydrogen) atoms. The lowest BCUT2D eigenvalue weighted by molar-refractivity contribution is -0.158. The molecule has 0 radical (unpaired) electrons. The summed E-state index contributed by atoms with van der Waals surface area (Å²) in [7, 11) is 0. The molecule has 2 aliphatic rings. The molecule has 3 heteroatoms. The predicted molar refractivity (Wildman–Crippen MR) is 69.3 cm³/mol. The van der Waals surface area contributed by atoms with Crippen LogP contribution in [0, 0.1) is 5.41 Å². The van der Waals surface area contributed by atoms with Gasteiger partial charge in [0.25, 0.3) is 0 Å². The summed E-state index contributed by atoms with van der Waals surface area (Å²) in [5, 5.41) is 3.24. The van der Waals surface area contributed by atoms with E-state index in [0.29, 0.717) is 0 Å². The van der Waals surface area contributed by atoms with Gasteiger partial charge in [0, 0.05) is 12.0 Å². The smallest absolute Gasteiger partial charge is 0.324 e. The highest BCUT2D eigenvalue weighted by atomic mass is 16.5. The molecular formula is C15H19NO2. The SMILES string of the molecule is CC(C)OC(=O)C1NCC12Cc1ccccc1C2. The van der Waals surface area contributed by atoms with Crippen LogP contribution in [0.1, 0.15) is 25.0 Å². The monoisotopic (exact) mass is 245 g/mol. The first-order valence-corrected chi connectivity index (χ1v) is 6.61. The Hall–Kier alpha value is -1.35. The highest BCUT2D eigenvalue weighted by molar-refractivity contribution is 5.79. The standard InChI is InChI=1S/C15H19NO2/c1-10(2)18-14(17)13-15(9-16-13)7-11-5-3-4-6-12(11)8-15/h3-6,10,13,16H,7-9H2,1-2H3. The van der Waals surface area contributed by atoms with Crippen molar-refractivity contribution in [2.45, 2.75) is 38.8 Å². The van der Waals surface area contributed by atoms with Gasteiger partial charge >= 0.3 is 5.97 Å². The Morgan fingerprint density at radius 2 is 1.94 bits per heavy atom. The molecule has 1 heterocycles. The quantitative estimate of drug-likeness (QED) is 0.806. The molecule has 0 saturated carbocycles. The second-order valence-corrected chi connectivity index (χ2v) is 5.78. The Labute approximate surface area is 108 Å². The summed E-state index contributed by atoms with van der Waals surface area (Å²) in [4.78, 5) is 12.1. The zero-order valence-corrected chi connectivity index (χ0v) is 10.9. The average molecular weight is 245 g/mol. The maximum absolute atomic E-state index is 12.1. The molecule has 1 aromatic rings. The van der Waals surface area contributed by atoms with Gasteiger partial charge in [-0.3, -0.25) is 4.79 Å². The van der Waals surface area contributed by atoms with Crippen molar-refractivity contribution in [2.24, 2.45) is 5.41 Å². The van der Waals surface area contributed by atoms with E-state index in [0.717, 1.165) is 19.4 Å². The molecule has 1 saturated heterocycles. The normalized spacial score (nSPS) is 23.8. The van der Waals surface area contributed by atoms with E-state index in [4.69, 9.17) is 4.74 Å². The summed E-state index contributed by atoms with van der Waals surface area (Å²) in [5.41, 5.74) is 2.85. The second kappa shape index (κ2) is 4.09. The molecular weight excluding hydrogens is 226 g/mol. The Bertz CT molecular complexity index is 456. The van der Waals surface area contributed by atoms with Crippen LogP contribution in [0.15, 0.2) is 24.3 Å². The highest BCUT2D eigenvalue weighted by Crippen LogP contribution is 2.44. The molecule has 1 aliphatic heterocycles. The zero-order valence-electron chi connectivity index (χ0n) is 10.9. The van der Waals surface area contributed by atoms with E-state index in [1.807, 2.05) is 13.8 Å². The number of esters is 1. The van der Waals surface area contributed by atoms with Crippen molar-refractivity contribution in [1.29, 1.82) is 0 Å². The summed E-state index contributed by atoms with van der Waals surface area (Å²) >= 11 is 0. The first kappa shape index (κ1) is 11.7. The van der Waals surface area contributed by atoms with Crippen LogP contribution in [-0.4, -0.2) is 24.7 Å². The average Bonchev–Trinajstić information content (AvgIpc) is 2.67. The maximum Gasteiger partial charge on any atom is 0.324 e. The lowest BCUT2D eigenvalue weighted by Gasteiger charge is -2.46. The van der Waals surface area contributed by atoms with Crippen LogP contribution in [0.3, 0.4) is 0 Å². The number of rotatable bonds is 2. The minimum Gasteiger partial charge on any atom is -0.462 e. The van der Waals surface area contributed by atoms with Crippen LogP contribution in [0.4, 0.5) is 0 Å². The fraction of sp³-hybridized carbons (Fsp3) is 0.533. The summed E-state index contributed by atoms with van der Waals surface area (Å²) < 4.78 is 5.34. The molecule has 0 amide bonds. The molecule has 1 unspecified atom stereocenters. The van der Waals surface area contributed by atoms with E-state index in [1.165, 1.54) is 11.1 Å². The number of benzene rings is 1. The van der Waals surface area contributed by atoms with E-state index < -0.39 is 0 Å². The van der Waals surface area contributed by atoms with Gasteiger partial charge in [-0.25, -0.2) is 0 Å². The van der Waals surface area contributed by atoms with Crippen LogP contribution >= 0.6 is 0 Å². The first-order valence-electron chi connectivity index (χ1n) is 6.61. The molecule has 1 N–H and O–H groups in total. The van der Waals surface area contributed by atoms with Gasteiger partial charge in [0.1, 0.15) is 6.04 Å². The van der Waals surface area contributed by atoms with Crippen molar-refractivity contribution in [3.05, 3.63) is 35.4 Å². The van der Waals surface area contributed by atoms with Crippen LogP contribution in [0.5, 0.6) is 0 Å². The Balaban J connectivity index is 1.77. The van der Waals surface area contributed by atoms with Crippen molar-refractivity contribution in [2.75, 3.05) is 6.54 Å². The van der Waals surface area contributed by atoms with Crippen LogP contribution in [0.25, 0.3) is 0 Å². The molecule has 1 aliphatic carbocycles. The van der Waals surface area contributed by atoms with Gasteiger partial charge < -0.3 is 10.1 Å². The molecule has 1 aromatic carbocycles. The van der Waals surface area contributed by atoms with Crippen LogP contribution < -0.4 is 5.32 Å². The molecule has 1 spiro atoms. The number of hydrogen-bond donors (Lipinski definition) is 1. The third-order valence-electron chi connectivity index (χ3n) is 4.06. The fourth-order valence-corrected chi connectivity index (χ4v) is 3.18. The Morgan fingerprint density at radius 3 is 2.39 bits per heavy atom. The van der Waals surface area contributed by atoms with Crippen LogP contribution in [0.2, 0.25) is 0 Å². The van der Waals surface area contributed by atoms with Crippen molar-refractivity contribution in [3.63, 3.8) is 0 Å². The minimum absolute atomic E-state index is 0.0410. The van der Waals surface area contributed by atoms with E-state index in [2.05, 4.69) is 29.6 Å². The van der Waals surface area contributed by atoms with Gasteiger partial charge in [-0.2, -0.15) is 0 Å². The molecule has 3 nitrogen and oxygen atoms in total. The number of fused-ring (bicyclic) bond motifs is 1. The molecule has 1 atom stereocenters. The predicted octanol–water partition coefficient (Wildman–Crippen LogP) is 1.69. The Morgan fingerprint density at radius 1 is 1.33 bits per heavy atom. The van der Waals surface area contributed by atoms with Crippen LogP contribution in [-0.2, 0) is 22.4 Å². The van der Waals surface area contributed by atoms with Gasteiger partial charge in [0.05, 0.1) is 6.10 Å². The molecule has 0 aromatic heterocycles. The summed E-state index contributed by atoms with van der Waals surface area (Å²) in [6.45, 7) is 4.71. The summed E-state index contributed by atoms with van der Waals surface area (Å²) in [5.74, 6) is -0.0935. The molecule has 1 fully saturated rings. The minimum atomic E-state index is -0.132.